The highest BCUT2D eigenvalue weighted by molar-refractivity contribution is 5.96. The van der Waals surface area contributed by atoms with Crippen molar-refractivity contribution >= 4 is 5.91 Å². The number of methoxy groups -OCH3 is 1. The molecule has 17 heavy (non-hydrogen) atoms. The highest BCUT2D eigenvalue weighted by atomic mass is 19.4. The number of ether oxygens (including phenoxy) is 1. The molecule has 0 unspecified atom stereocenters. The second-order valence-corrected chi connectivity index (χ2v) is 3.07. The highest BCUT2D eigenvalue weighted by Crippen LogP contribution is 2.34. The van der Waals surface area contributed by atoms with Crippen LogP contribution in [0, 0.1) is 11.3 Å². The summed E-state index contributed by atoms with van der Waals surface area (Å²) in [6, 6.07) is 2.76. The van der Waals surface area contributed by atoms with E-state index < -0.39 is 23.2 Å². The minimum Gasteiger partial charge on any atom is -0.495 e. The maximum atomic E-state index is 12.5. The molecule has 0 fully saturated rings. The molecular weight excluding hydrogens is 237 g/mol. The maximum Gasteiger partial charge on any atom is 0.416 e. The molecule has 0 aliphatic carbocycles. The summed E-state index contributed by atoms with van der Waals surface area (Å²) in [5, 5.41) is 8.75. The molecule has 0 saturated heterocycles. The van der Waals surface area contributed by atoms with E-state index in [9.17, 15) is 18.0 Å². The lowest BCUT2D eigenvalue weighted by Gasteiger charge is -2.12. The normalized spacial score (nSPS) is 10.8. The summed E-state index contributed by atoms with van der Waals surface area (Å²) in [7, 11) is 1.10. The lowest BCUT2D eigenvalue weighted by molar-refractivity contribution is -0.137. The summed E-state index contributed by atoms with van der Waals surface area (Å²) < 4.78 is 42.1. The lowest BCUT2D eigenvalue weighted by atomic mass is 10.0. The molecule has 90 valence electrons. The summed E-state index contributed by atoms with van der Waals surface area (Å²) >= 11 is 0. The first-order valence-corrected chi connectivity index (χ1v) is 4.30. The molecule has 0 aromatic heterocycles. The fourth-order valence-corrected chi connectivity index (χ4v) is 1.25. The van der Waals surface area contributed by atoms with Gasteiger partial charge in [-0.3, -0.25) is 4.79 Å². The first-order chi connectivity index (χ1) is 7.81. The summed E-state index contributed by atoms with van der Waals surface area (Å²) in [6.07, 6.45) is -4.65. The Hall–Kier alpha value is -2.23. The number of halogens is 3. The van der Waals surface area contributed by atoms with Crippen LogP contribution in [0.1, 0.15) is 21.5 Å². The molecule has 0 bridgehead atoms. The number of carbonyl (C=O) groups excluding carboxylic acids is 1. The van der Waals surface area contributed by atoms with E-state index in [1.54, 1.807) is 6.07 Å². The van der Waals surface area contributed by atoms with Gasteiger partial charge in [0.1, 0.15) is 17.4 Å². The molecule has 7 heteroatoms. The van der Waals surface area contributed by atoms with Crippen molar-refractivity contribution < 1.29 is 22.7 Å². The number of carbonyl (C=O) groups is 1. The molecule has 4 nitrogen and oxygen atoms in total. The van der Waals surface area contributed by atoms with Crippen LogP contribution >= 0.6 is 0 Å². The van der Waals surface area contributed by atoms with Crippen LogP contribution in [-0.4, -0.2) is 13.0 Å². The number of hydrogen-bond donors (Lipinski definition) is 1. The molecule has 2 N–H and O–H groups in total. The Kier molecular flexibility index (Phi) is 3.27. The topological polar surface area (TPSA) is 76.1 Å². The Morgan fingerprint density at radius 3 is 2.41 bits per heavy atom. The van der Waals surface area contributed by atoms with Crippen LogP contribution in [0.3, 0.4) is 0 Å². The van der Waals surface area contributed by atoms with E-state index in [4.69, 9.17) is 11.0 Å². The van der Waals surface area contributed by atoms with E-state index in [2.05, 4.69) is 4.74 Å². The predicted octanol–water partition coefficient (Wildman–Crippen LogP) is 1.68. The zero-order chi connectivity index (χ0) is 13.2. The van der Waals surface area contributed by atoms with E-state index >= 15 is 0 Å². The molecule has 0 spiro atoms. The molecule has 0 saturated carbocycles. The number of nitrogens with two attached hydrogens (primary N) is 1. The molecular formula is C10H7F3N2O2. The number of primary amides is 1. The van der Waals surface area contributed by atoms with E-state index in [-0.39, 0.29) is 11.3 Å². The minimum absolute atomic E-state index is 0.312. The van der Waals surface area contributed by atoms with Gasteiger partial charge in [-0.2, -0.15) is 18.4 Å². The van der Waals surface area contributed by atoms with Crippen LogP contribution < -0.4 is 10.5 Å². The first-order valence-electron chi connectivity index (χ1n) is 4.30. The van der Waals surface area contributed by atoms with Gasteiger partial charge in [0.15, 0.2) is 0 Å². The van der Waals surface area contributed by atoms with E-state index in [1.165, 1.54) is 0 Å². The van der Waals surface area contributed by atoms with Gasteiger partial charge in [0.05, 0.1) is 18.2 Å². The van der Waals surface area contributed by atoms with Crippen LogP contribution in [-0.2, 0) is 6.18 Å². The van der Waals surface area contributed by atoms with Crippen LogP contribution in [0.5, 0.6) is 5.75 Å². The summed E-state index contributed by atoms with van der Waals surface area (Å²) in [6.45, 7) is 0. The number of nitriles is 1. The molecule has 1 rings (SSSR count). The van der Waals surface area contributed by atoms with Crippen molar-refractivity contribution in [3.63, 3.8) is 0 Å². The van der Waals surface area contributed by atoms with Crippen molar-refractivity contribution in [2.24, 2.45) is 5.73 Å². The number of rotatable bonds is 2. The quantitative estimate of drug-likeness (QED) is 0.859. The van der Waals surface area contributed by atoms with Crippen LogP contribution in [0.25, 0.3) is 0 Å². The fraction of sp³-hybridized carbons (Fsp3) is 0.200. The van der Waals surface area contributed by atoms with Gasteiger partial charge in [-0.15, -0.1) is 0 Å². The maximum absolute atomic E-state index is 12.5. The molecule has 0 aliphatic heterocycles. The van der Waals surface area contributed by atoms with Gasteiger partial charge in [0.25, 0.3) is 0 Å². The van der Waals surface area contributed by atoms with Gasteiger partial charge in [-0.25, -0.2) is 0 Å². The monoisotopic (exact) mass is 244 g/mol. The van der Waals surface area contributed by atoms with Gasteiger partial charge in [0.2, 0.25) is 5.91 Å². The van der Waals surface area contributed by atoms with Crippen molar-refractivity contribution in [3.05, 3.63) is 28.8 Å². The Balaban J connectivity index is 3.59. The van der Waals surface area contributed by atoms with Crippen molar-refractivity contribution in [2.75, 3.05) is 7.11 Å². The third kappa shape index (κ3) is 2.47. The van der Waals surface area contributed by atoms with Crippen LogP contribution in [0.15, 0.2) is 12.1 Å². The second kappa shape index (κ2) is 4.33. The Labute approximate surface area is 94.4 Å². The first kappa shape index (κ1) is 12.8. The van der Waals surface area contributed by atoms with Crippen molar-refractivity contribution in [3.8, 4) is 11.8 Å². The number of amides is 1. The number of alkyl halides is 3. The number of hydrogen-bond acceptors (Lipinski definition) is 3. The zero-order valence-corrected chi connectivity index (χ0v) is 8.63. The average molecular weight is 244 g/mol. The van der Waals surface area contributed by atoms with Crippen molar-refractivity contribution in [1.82, 2.24) is 0 Å². The molecule has 0 heterocycles. The zero-order valence-electron chi connectivity index (χ0n) is 8.63. The van der Waals surface area contributed by atoms with Crippen LogP contribution in [0.2, 0.25) is 0 Å². The van der Waals surface area contributed by atoms with E-state index in [0.29, 0.717) is 12.1 Å². The Bertz CT molecular complexity index is 503. The van der Waals surface area contributed by atoms with Gasteiger partial charge in [-0.1, -0.05) is 0 Å². The summed E-state index contributed by atoms with van der Waals surface area (Å²) in [5.74, 6) is -1.46. The molecule has 1 amide bonds. The minimum atomic E-state index is -4.65. The van der Waals surface area contributed by atoms with E-state index in [0.717, 1.165) is 7.11 Å². The largest absolute Gasteiger partial charge is 0.495 e. The highest BCUT2D eigenvalue weighted by Gasteiger charge is 2.33. The second-order valence-electron chi connectivity index (χ2n) is 3.07. The van der Waals surface area contributed by atoms with Gasteiger partial charge in [0, 0.05) is 0 Å². The predicted molar refractivity (Wildman–Crippen MR) is 51.2 cm³/mol. The van der Waals surface area contributed by atoms with E-state index in [1.807, 2.05) is 0 Å². The Morgan fingerprint density at radius 1 is 1.47 bits per heavy atom. The molecule has 1 aromatic rings. The molecule has 0 radical (unpaired) electrons. The van der Waals surface area contributed by atoms with Gasteiger partial charge < -0.3 is 10.5 Å². The Morgan fingerprint density at radius 2 is 2.06 bits per heavy atom. The summed E-state index contributed by atoms with van der Waals surface area (Å²) in [5.41, 5.74) is 2.99. The van der Waals surface area contributed by atoms with Crippen molar-refractivity contribution in [1.29, 1.82) is 5.26 Å². The van der Waals surface area contributed by atoms with Gasteiger partial charge in [-0.05, 0) is 12.1 Å². The molecule has 1 aromatic carbocycles. The lowest BCUT2D eigenvalue weighted by Crippen LogP contribution is -2.16. The van der Waals surface area contributed by atoms with Crippen LogP contribution in [0.4, 0.5) is 13.2 Å². The third-order valence-electron chi connectivity index (χ3n) is 2.03. The number of nitrogens with zero attached hydrogens (tertiary/aromatic N) is 1. The van der Waals surface area contributed by atoms with Gasteiger partial charge >= 0.3 is 6.18 Å². The number of benzene rings is 1. The standard InChI is InChI=1S/C10H7F3N2O2/c1-17-8-3-5(10(11,12)13)2-6(9(15)16)7(8)4-14/h2-3H,1H3,(H2,15,16). The smallest absolute Gasteiger partial charge is 0.416 e. The SMILES string of the molecule is COc1cc(C(F)(F)F)cc(C(N)=O)c1C#N. The molecule has 0 aliphatic rings. The fourth-order valence-electron chi connectivity index (χ4n) is 1.25. The molecule has 0 atom stereocenters. The average Bonchev–Trinajstić information content (AvgIpc) is 2.25. The van der Waals surface area contributed by atoms with Crippen molar-refractivity contribution in [2.45, 2.75) is 6.18 Å². The third-order valence-corrected chi connectivity index (χ3v) is 2.03. The summed E-state index contributed by atoms with van der Waals surface area (Å²) in [4.78, 5) is 11.0.